The Morgan fingerprint density at radius 3 is 2.23 bits per heavy atom. The average molecular weight is 586 g/mol. The van der Waals surface area contributed by atoms with Crippen LogP contribution in [0.3, 0.4) is 0 Å². The van der Waals surface area contributed by atoms with Crippen molar-refractivity contribution < 1.29 is 22.7 Å². The monoisotopic (exact) mass is 585 g/mol. The Labute approximate surface area is 241 Å². The van der Waals surface area contributed by atoms with Crippen LogP contribution in [0.2, 0.25) is 5.02 Å². The van der Waals surface area contributed by atoms with Crippen molar-refractivity contribution in [3.63, 3.8) is 0 Å². The number of carbonyl (C=O) groups is 2. The van der Waals surface area contributed by atoms with E-state index in [1.807, 2.05) is 44.2 Å². The SMILES string of the molecule is CCCNC(=O)[C@H](CC)N(CCc1ccccc1)C(=O)CN(c1cc(Cl)ccc1OC)S(=O)(=O)c1ccccc1. The van der Waals surface area contributed by atoms with E-state index in [1.165, 1.54) is 30.2 Å². The van der Waals surface area contributed by atoms with E-state index in [-0.39, 0.29) is 33.8 Å². The van der Waals surface area contributed by atoms with Crippen molar-refractivity contribution in [1.29, 1.82) is 0 Å². The minimum absolute atomic E-state index is 0.00777. The number of hydrogen-bond acceptors (Lipinski definition) is 5. The third-order valence-corrected chi connectivity index (χ3v) is 8.45. The molecule has 3 rings (SSSR count). The molecular formula is C30H36ClN3O5S. The molecule has 1 N–H and O–H groups in total. The first-order chi connectivity index (χ1) is 19.2. The molecule has 2 amide bonds. The second kappa shape index (κ2) is 14.7. The maximum atomic E-state index is 14.1. The van der Waals surface area contributed by atoms with Crippen LogP contribution < -0.4 is 14.4 Å². The summed E-state index contributed by atoms with van der Waals surface area (Å²) >= 11 is 6.27. The fourth-order valence-corrected chi connectivity index (χ4v) is 5.96. The van der Waals surface area contributed by atoms with Gasteiger partial charge < -0.3 is 15.0 Å². The van der Waals surface area contributed by atoms with Crippen molar-refractivity contribution in [2.75, 3.05) is 31.0 Å². The van der Waals surface area contributed by atoms with E-state index in [1.54, 1.807) is 30.3 Å². The second-order valence-electron chi connectivity index (χ2n) is 9.18. The smallest absolute Gasteiger partial charge is 0.264 e. The van der Waals surface area contributed by atoms with Crippen LogP contribution in [-0.4, -0.2) is 57.9 Å². The Morgan fingerprint density at radius 2 is 1.62 bits per heavy atom. The summed E-state index contributed by atoms with van der Waals surface area (Å²) in [4.78, 5) is 28.7. The lowest BCUT2D eigenvalue weighted by atomic mass is 10.1. The van der Waals surface area contributed by atoms with Gasteiger partial charge in [-0.05, 0) is 55.2 Å². The average Bonchev–Trinajstić information content (AvgIpc) is 2.97. The predicted molar refractivity (Wildman–Crippen MR) is 158 cm³/mol. The topological polar surface area (TPSA) is 96.0 Å². The van der Waals surface area contributed by atoms with Gasteiger partial charge in [0, 0.05) is 18.1 Å². The zero-order valence-electron chi connectivity index (χ0n) is 23.0. The molecule has 0 saturated heterocycles. The zero-order chi connectivity index (χ0) is 29.1. The quantitative estimate of drug-likeness (QED) is 0.290. The minimum atomic E-state index is -4.22. The number of amides is 2. The standard InChI is InChI=1S/C30H36ClN3O5S/c1-4-19-32-30(36)26(5-2)33(20-18-23-12-8-6-9-13-23)29(35)22-34(27-21-24(31)16-17-28(27)39-3)40(37,38)25-14-10-7-11-15-25/h6-17,21,26H,4-5,18-20,22H2,1-3H3,(H,32,36)/t26-/m0/s1. The zero-order valence-corrected chi connectivity index (χ0v) is 24.6. The summed E-state index contributed by atoms with van der Waals surface area (Å²) in [5, 5.41) is 3.16. The molecule has 0 bridgehead atoms. The third-order valence-electron chi connectivity index (χ3n) is 6.44. The molecule has 0 unspecified atom stereocenters. The minimum Gasteiger partial charge on any atom is -0.495 e. The van der Waals surface area contributed by atoms with E-state index in [2.05, 4.69) is 5.32 Å². The van der Waals surface area contributed by atoms with Gasteiger partial charge in [-0.2, -0.15) is 0 Å². The Morgan fingerprint density at radius 1 is 0.975 bits per heavy atom. The summed E-state index contributed by atoms with van der Waals surface area (Å²) in [6, 6.07) is 21.3. The first-order valence-corrected chi connectivity index (χ1v) is 15.1. The van der Waals surface area contributed by atoms with E-state index in [9.17, 15) is 18.0 Å². The van der Waals surface area contributed by atoms with E-state index < -0.39 is 28.5 Å². The molecule has 1 atom stereocenters. The molecule has 0 aromatic heterocycles. The van der Waals surface area contributed by atoms with Crippen LogP contribution in [-0.2, 0) is 26.0 Å². The second-order valence-corrected chi connectivity index (χ2v) is 11.5. The number of sulfonamides is 1. The number of rotatable bonds is 14. The van der Waals surface area contributed by atoms with Crippen LogP contribution in [0.25, 0.3) is 0 Å². The van der Waals surface area contributed by atoms with Crippen LogP contribution in [0, 0.1) is 0 Å². The number of nitrogens with zero attached hydrogens (tertiary/aromatic N) is 2. The van der Waals surface area contributed by atoms with Gasteiger partial charge in [0.05, 0.1) is 17.7 Å². The van der Waals surface area contributed by atoms with Crippen molar-refractivity contribution in [3.05, 3.63) is 89.4 Å². The molecule has 0 saturated carbocycles. The molecule has 0 spiro atoms. The summed E-state index contributed by atoms with van der Waals surface area (Å²) in [5.74, 6) is -0.556. The van der Waals surface area contributed by atoms with Crippen LogP contribution in [0.4, 0.5) is 5.69 Å². The summed E-state index contributed by atoms with van der Waals surface area (Å²) in [6.45, 7) is 3.93. The molecule has 0 radical (unpaired) electrons. The van der Waals surface area contributed by atoms with E-state index in [0.29, 0.717) is 19.4 Å². The van der Waals surface area contributed by atoms with Crippen molar-refractivity contribution >= 4 is 39.1 Å². The number of benzene rings is 3. The number of hydrogen-bond donors (Lipinski definition) is 1. The number of carbonyl (C=O) groups excluding carboxylic acids is 2. The van der Waals surface area contributed by atoms with Gasteiger partial charge in [0.15, 0.2) is 0 Å². The van der Waals surface area contributed by atoms with Gasteiger partial charge in [-0.3, -0.25) is 13.9 Å². The maximum absolute atomic E-state index is 14.1. The van der Waals surface area contributed by atoms with Crippen molar-refractivity contribution in [1.82, 2.24) is 10.2 Å². The van der Waals surface area contributed by atoms with Crippen molar-refractivity contribution in [2.24, 2.45) is 0 Å². The normalized spacial score (nSPS) is 11.9. The number of halogens is 1. The van der Waals surface area contributed by atoms with Gasteiger partial charge in [-0.1, -0.05) is 74.0 Å². The highest BCUT2D eigenvalue weighted by atomic mass is 35.5. The highest BCUT2D eigenvalue weighted by Crippen LogP contribution is 2.35. The maximum Gasteiger partial charge on any atom is 0.264 e. The molecule has 0 aliphatic carbocycles. The molecule has 0 fully saturated rings. The highest BCUT2D eigenvalue weighted by Gasteiger charge is 2.34. The summed E-state index contributed by atoms with van der Waals surface area (Å²) in [6.07, 6.45) is 1.61. The Kier molecular flexibility index (Phi) is 11.4. The first-order valence-electron chi connectivity index (χ1n) is 13.2. The lowest BCUT2D eigenvalue weighted by Gasteiger charge is -2.33. The first kappa shape index (κ1) is 31.0. The van der Waals surface area contributed by atoms with Gasteiger partial charge in [0.25, 0.3) is 10.0 Å². The number of ether oxygens (including phenoxy) is 1. The summed E-state index contributed by atoms with van der Waals surface area (Å²) in [7, 11) is -2.80. The lowest BCUT2D eigenvalue weighted by molar-refractivity contribution is -0.139. The molecule has 10 heteroatoms. The van der Waals surface area contributed by atoms with Crippen molar-refractivity contribution in [2.45, 2.75) is 44.0 Å². The Hall–Kier alpha value is -3.56. The highest BCUT2D eigenvalue weighted by molar-refractivity contribution is 7.92. The Balaban J connectivity index is 2.05. The van der Waals surface area contributed by atoms with Gasteiger partial charge in [-0.15, -0.1) is 0 Å². The van der Waals surface area contributed by atoms with Crippen LogP contribution in [0.5, 0.6) is 5.75 Å². The van der Waals surface area contributed by atoms with Crippen LogP contribution >= 0.6 is 11.6 Å². The Bertz CT molecular complexity index is 1370. The molecule has 214 valence electrons. The van der Waals surface area contributed by atoms with Gasteiger partial charge in [0.1, 0.15) is 18.3 Å². The molecular weight excluding hydrogens is 550 g/mol. The van der Waals surface area contributed by atoms with E-state index in [0.717, 1.165) is 16.3 Å². The fraction of sp³-hybridized carbons (Fsp3) is 0.333. The number of anilines is 1. The largest absolute Gasteiger partial charge is 0.495 e. The molecule has 3 aromatic carbocycles. The lowest BCUT2D eigenvalue weighted by Crippen LogP contribution is -2.53. The van der Waals surface area contributed by atoms with Gasteiger partial charge >= 0.3 is 0 Å². The van der Waals surface area contributed by atoms with Gasteiger partial charge in [-0.25, -0.2) is 8.42 Å². The molecule has 3 aromatic rings. The fourth-order valence-electron chi connectivity index (χ4n) is 4.35. The molecule has 0 aliphatic heterocycles. The van der Waals surface area contributed by atoms with Crippen molar-refractivity contribution in [3.8, 4) is 5.75 Å². The summed E-state index contributed by atoms with van der Waals surface area (Å²) in [5.41, 5.74) is 1.12. The van der Waals surface area contributed by atoms with E-state index in [4.69, 9.17) is 16.3 Å². The number of nitrogens with one attached hydrogen (secondary N) is 1. The van der Waals surface area contributed by atoms with Crippen LogP contribution in [0.1, 0.15) is 32.3 Å². The van der Waals surface area contributed by atoms with E-state index >= 15 is 0 Å². The summed E-state index contributed by atoms with van der Waals surface area (Å²) < 4.78 is 34.3. The molecule has 8 nitrogen and oxygen atoms in total. The van der Waals surface area contributed by atoms with Crippen LogP contribution in [0.15, 0.2) is 83.8 Å². The third kappa shape index (κ3) is 7.76. The van der Waals surface area contributed by atoms with Gasteiger partial charge in [0.2, 0.25) is 11.8 Å². The number of methoxy groups -OCH3 is 1. The molecule has 0 heterocycles. The predicted octanol–water partition coefficient (Wildman–Crippen LogP) is 4.92. The molecule has 40 heavy (non-hydrogen) atoms. The molecule has 0 aliphatic rings.